The number of carbonyl (C=O) groups excluding carboxylic acids is 1. The maximum absolute atomic E-state index is 12.3. The van der Waals surface area contributed by atoms with Crippen LogP contribution in [0.4, 0.5) is 0 Å². The van der Waals surface area contributed by atoms with Crippen LogP contribution in [0.5, 0.6) is 5.75 Å². The molecular weight excluding hydrogens is 252 g/mol. The number of para-hydroxylation sites is 1. The maximum Gasteiger partial charge on any atom is 0.200 e. The lowest BCUT2D eigenvalue weighted by atomic mass is 9.88. The third kappa shape index (κ3) is 2.54. The van der Waals surface area contributed by atoms with E-state index in [-0.39, 0.29) is 11.7 Å². The fourth-order valence-corrected chi connectivity index (χ4v) is 2.48. The van der Waals surface area contributed by atoms with Crippen LogP contribution in [0.1, 0.15) is 40.5 Å². The largest absolute Gasteiger partial charge is 0.493 e. The molecule has 0 fully saturated rings. The Bertz CT molecular complexity index is 623. The van der Waals surface area contributed by atoms with Gasteiger partial charge in [-0.25, -0.2) is 9.97 Å². The number of hydrogen-bond acceptors (Lipinski definition) is 4. The van der Waals surface area contributed by atoms with Crippen molar-refractivity contribution in [2.75, 3.05) is 6.61 Å². The van der Waals surface area contributed by atoms with Crippen molar-refractivity contribution in [1.29, 1.82) is 0 Å². The Morgan fingerprint density at radius 3 is 2.85 bits per heavy atom. The predicted octanol–water partition coefficient (Wildman–Crippen LogP) is 2.92. The van der Waals surface area contributed by atoms with Crippen LogP contribution < -0.4 is 4.74 Å². The first-order valence-electron chi connectivity index (χ1n) is 6.77. The number of aryl methyl sites for hydroxylation is 1. The molecule has 1 aromatic carbocycles. The van der Waals surface area contributed by atoms with Crippen molar-refractivity contribution in [1.82, 2.24) is 9.97 Å². The highest BCUT2D eigenvalue weighted by Gasteiger charge is 2.24. The summed E-state index contributed by atoms with van der Waals surface area (Å²) in [5, 5.41) is 0. The molecule has 0 amide bonds. The van der Waals surface area contributed by atoms with Gasteiger partial charge in [0.15, 0.2) is 5.82 Å². The van der Waals surface area contributed by atoms with E-state index >= 15 is 0 Å². The molecule has 20 heavy (non-hydrogen) atoms. The zero-order chi connectivity index (χ0) is 13.9. The lowest BCUT2D eigenvalue weighted by Gasteiger charge is -2.25. The van der Waals surface area contributed by atoms with E-state index < -0.39 is 0 Å². The molecule has 0 radical (unpaired) electrons. The topological polar surface area (TPSA) is 52.1 Å². The van der Waals surface area contributed by atoms with Crippen LogP contribution in [0.25, 0.3) is 0 Å². The smallest absolute Gasteiger partial charge is 0.200 e. The molecule has 1 aliphatic rings. The Kier molecular flexibility index (Phi) is 3.46. The highest BCUT2D eigenvalue weighted by Crippen LogP contribution is 2.35. The van der Waals surface area contributed by atoms with E-state index in [1.807, 2.05) is 31.2 Å². The molecular formula is C16H16N2O2. The average Bonchev–Trinajstić information content (AvgIpc) is 2.48. The Morgan fingerprint density at radius 1 is 1.30 bits per heavy atom. The molecule has 0 saturated heterocycles. The van der Waals surface area contributed by atoms with Crippen molar-refractivity contribution in [3.8, 4) is 5.75 Å². The number of nitrogens with zero attached hydrogens (tertiary/aromatic N) is 2. The van der Waals surface area contributed by atoms with Crippen molar-refractivity contribution in [3.63, 3.8) is 0 Å². The van der Waals surface area contributed by atoms with Crippen molar-refractivity contribution in [2.45, 2.75) is 25.7 Å². The van der Waals surface area contributed by atoms with Gasteiger partial charge in [0, 0.05) is 18.8 Å². The summed E-state index contributed by atoms with van der Waals surface area (Å²) in [7, 11) is 0. The minimum Gasteiger partial charge on any atom is -0.493 e. The van der Waals surface area contributed by atoms with Gasteiger partial charge >= 0.3 is 0 Å². The van der Waals surface area contributed by atoms with Crippen LogP contribution in [-0.2, 0) is 0 Å². The fourth-order valence-electron chi connectivity index (χ4n) is 2.48. The lowest BCUT2D eigenvalue weighted by Crippen LogP contribution is -2.18. The van der Waals surface area contributed by atoms with Gasteiger partial charge in [0.05, 0.1) is 6.61 Å². The first-order valence-corrected chi connectivity index (χ1v) is 6.77. The fraction of sp³-hybridized carbons (Fsp3) is 0.312. The Morgan fingerprint density at radius 2 is 2.05 bits per heavy atom. The molecule has 3 rings (SSSR count). The molecule has 0 N–H and O–H groups in total. The number of aromatic nitrogens is 2. The number of ether oxygens (including phenoxy) is 1. The molecule has 4 heteroatoms. The summed E-state index contributed by atoms with van der Waals surface area (Å²) >= 11 is 0. The van der Waals surface area contributed by atoms with Gasteiger partial charge in [-0.1, -0.05) is 18.2 Å². The average molecular weight is 268 g/mol. The van der Waals surface area contributed by atoms with E-state index in [0.717, 1.165) is 23.3 Å². The lowest BCUT2D eigenvalue weighted by molar-refractivity contribution is 0.0955. The van der Waals surface area contributed by atoms with Crippen molar-refractivity contribution in [2.24, 2.45) is 0 Å². The van der Waals surface area contributed by atoms with Crippen LogP contribution >= 0.6 is 0 Å². The molecule has 1 aromatic heterocycles. The molecule has 0 aliphatic carbocycles. The summed E-state index contributed by atoms with van der Waals surface area (Å²) < 4.78 is 5.61. The van der Waals surface area contributed by atoms with E-state index in [1.54, 1.807) is 12.4 Å². The van der Waals surface area contributed by atoms with Gasteiger partial charge in [0.2, 0.25) is 5.78 Å². The number of Topliss-reactive ketones (excluding diaryl/α,β-unsaturated/α-hetero) is 1. The second-order valence-corrected chi connectivity index (χ2v) is 5.08. The van der Waals surface area contributed by atoms with Gasteiger partial charge in [0.25, 0.3) is 0 Å². The molecule has 4 nitrogen and oxygen atoms in total. The third-order valence-electron chi connectivity index (χ3n) is 3.54. The van der Waals surface area contributed by atoms with Crippen LogP contribution in [0, 0.1) is 6.92 Å². The van der Waals surface area contributed by atoms with E-state index in [0.29, 0.717) is 18.9 Å². The van der Waals surface area contributed by atoms with Gasteiger partial charge in [-0.05, 0) is 36.5 Å². The summed E-state index contributed by atoms with van der Waals surface area (Å²) in [6.07, 6.45) is 4.65. The van der Waals surface area contributed by atoms with Gasteiger partial charge in [-0.15, -0.1) is 0 Å². The minimum atomic E-state index is -0.00768. The van der Waals surface area contributed by atoms with Crippen molar-refractivity contribution >= 4 is 5.78 Å². The molecule has 2 heterocycles. The first kappa shape index (κ1) is 12.8. The quantitative estimate of drug-likeness (QED) is 0.803. The highest BCUT2D eigenvalue weighted by atomic mass is 16.5. The number of fused-ring (bicyclic) bond motifs is 1. The van der Waals surface area contributed by atoms with Crippen LogP contribution in [-0.4, -0.2) is 22.4 Å². The molecule has 2 aromatic rings. The predicted molar refractivity (Wildman–Crippen MR) is 75.0 cm³/mol. The summed E-state index contributed by atoms with van der Waals surface area (Å²) in [5.41, 5.74) is 2.07. The molecule has 0 saturated carbocycles. The molecule has 0 bridgehead atoms. The highest BCUT2D eigenvalue weighted by molar-refractivity contribution is 5.93. The summed E-state index contributed by atoms with van der Waals surface area (Å²) in [4.78, 5) is 20.5. The number of ketones is 1. The summed E-state index contributed by atoms with van der Waals surface area (Å²) in [6.45, 7) is 2.56. The normalized spacial score (nSPS) is 17.1. The van der Waals surface area contributed by atoms with E-state index in [9.17, 15) is 4.79 Å². The monoisotopic (exact) mass is 268 g/mol. The van der Waals surface area contributed by atoms with Crippen LogP contribution in [0.15, 0.2) is 36.7 Å². The Labute approximate surface area is 117 Å². The molecule has 1 unspecified atom stereocenters. The van der Waals surface area contributed by atoms with Crippen molar-refractivity contribution in [3.05, 3.63) is 53.6 Å². The van der Waals surface area contributed by atoms with E-state index in [1.165, 1.54) is 0 Å². The van der Waals surface area contributed by atoms with E-state index in [2.05, 4.69) is 9.97 Å². The number of hydrogen-bond donors (Lipinski definition) is 0. The summed E-state index contributed by atoms with van der Waals surface area (Å²) in [5.74, 6) is 1.38. The van der Waals surface area contributed by atoms with Crippen LogP contribution in [0.3, 0.4) is 0 Å². The number of rotatable bonds is 3. The second-order valence-electron chi connectivity index (χ2n) is 5.08. The minimum absolute atomic E-state index is 0.00768. The van der Waals surface area contributed by atoms with Crippen LogP contribution in [0.2, 0.25) is 0 Å². The molecule has 0 spiro atoms. The first-order chi connectivity index (χ1) is 9.74. The summed E-state index contributed by atoms with van der Waals surface area (Å²) in [6, 6.07) is 7.91. The molecule has 1 aliphatic heterocycles. The Balaban J connectivity index is 1.79. The zero-order valence-electron chi connectivity index (χ0n) is 11.4. The maximum atomic E-state index is 12.3. The molecule has 102 valence electrons. The standard InChI is InChI=1S/C16H16N2O2/c1-11-9-17-16(18-10-11)14(19)8-12-6-7-20-15-5-3-2-4-13(12)15/h2-5,9-10,12H,6-8H2,1H3. The molecule has 1 atom stereocenters. The third-order valence-corrected chi connectivity index (χ3v) is 3.54. The van der Waals surface area contributed by atoms with Gasteiger partial charge in [-0.3, -0.25) is 4.79 Å². The number of carbonyl (C=O) groups is 1. The second kappa shape index (κ2) is 5.41. The zero-order valence-corrected chi connectivity index (χ0v) is 11.4. The Hall–Kier alpha value is -2.23. The number of benzene rings is 1. The van der Waals surface area contributed by atoms with Gasteiger partial charge < -0.3 is 4.74 Å². The van der Waals surface area contributed by atoms with Crippen molar-refractivity contribution < 1.29 is 9.53 Å². The SMILES string of the molecule is Cc1cnc(C(=O)CC2CCOc3ccccc32)nc1. The van der Waals surface area contributed by atoms with Gasteiger partial charge in [-0.2, -0.15) is 0 Å². The van der Waals surface area contributed by atoms with Gasteiger partial charge in [0.1, 0.15) is 5.75 Å². The van der Waals surface area contributed by atoms with E-state index in [4.69, 9.17) is 4.74 Å².